The van der Waals surface area contributed by atoms with E-state index < -0.39 is 0 Å². The third-order valence-corrected chi connectivity index (χ3v) is 8.07. The predicted molar refractivity (Wildman–Crippen MR) is 136 cm³/mol. The maximum atomic E-state index is 13.1. The van der Waals surface area contributed by atoms with Gasteiger partial charge in [0.1, 0.15) is 0 Å². The van der Waals surface area contributed by atoms with Crippen LogP contribution in [0.15, 0.2) is 60.1 Å². The Balaban J connectivity index is 0.988. The van der Waals surface area contributed by atoms with Gasteiger partial charge in [-0.3, -0.25) is 4.79 Å². The first-order valence-corrected chi connectivity index (χ1v) is 13.2. The maximum Gasteiger partial charge on any atom is 0.320 e. The molecule has 1 N–H and O–H groups in total. The second-order valence-corrected chi connectivity index (χ2v) is 10.5. The number of benzene rings is 2. The molecule has 2 fully saturated rings. The van der Waals surface area contributed by atoms with Crippen molar-refractivity contribution < 1.29 is 9.59 Å². The van der Waals surface area contributed by atoms with E-state index in [4.69, 9.17) is 0 Å². The van der Waals surface area contributed by atoms with Crippen molar-refractivity contribution in [1.82, 2.24) is 25.0 Å². The third-order valence-electron chi connectivity index (χ3n) is 7.31. The fourth-order valence-electron chi connectivity index (χ4n) is 5.35. The molecule has 8 heteroatoms. The lowest BCUT2D eigenvalue weighted by molar-refractivity contribution is 0.0781. The summed E-state index contributed by atoms with van der Waals surface area (Å²) in [4.78, 5) is 35.5. The van der Waals surface area contributed by atoms with Gasteiger partial charge >= 0.3 is 6.03 Å². The number of aromatic nitrogens is 1. The van der Waals surface area contributed by atoms with E-state index in [1.165, 1.54) is 33.6 Å². The van der Waals surface area contributed by atoms with Gasteiger partial charge in [0.15, 0.2) is 5.01 Å². The van der Waals surface area contributed by atoms with Crippen LogP contribution in [-0.2, 0) is 13.0 Å². The molecule has 4 heterocycles. The van der Waals surface area contributed by atoms with Gasteiger partial charge in [-0.25, -0.2) is 9.78 Å². The van der Waals surface area contributed by atoms with E-state index in [0.29, 0.717) is 24.1 Å². The fourth-order valence-corrected chi connectivity index (χ4v) is 5.95. The molecule has 2 aromatic carbocycles. The van der Waals surface area contributed by atoms with Gasteiger partial charge in [-0.1, -0.05) is 48.5 Å². The maximum absolute atomic E-state index is 13.1. The lowest BCUT2D eigenvalue weighted by atomic mass is 9.94. The summed E-state index contributed by atoms with van der Waals surface area (Å²) in [5, 5.41) is 6.04. The first-order valence-electron chi connectivity index (χ1n) is 12.3. The number of fused-ring (bicyclic) bond motifs is 1. The Morgan fingerprint density at radius 2 is 1.71 bits per heavy atom. The molecule has 180 valence electrons. The normalized spacial score (nSPS) is 20.0. The number of urea groups is 1. The van der Waals surface area contributed by atoms with Crippen molar-refractivity contribution in [2.45, 2.75) is 31.5 Å². The van der Waals surface area contributed by atoms with Crippen LogP contribution < -0.4 is 5.32 Å². The van der Waals surface area contributed by atoms with Crippen LogP contribution in [0.1, 0.15) is 27.3 Å². The number of hydrogen-bond donors (Lipinski definition) is 1. The number of nitrogens with one attached hydrogen (secondary N) is 1. The Hall–Kier alpha value is -3.23. The molecule has 3 aliphatic rings. The van der Waals surface area contributed by atoms with Gasteiger partial charge in [-0.15, -0.1) is 11.3 Å². The highest BCUT2D eigenvalue weighted by atomic mass is 32.1. The highest BCUT2D eigenvalue weighted by Crippen LogP contribution is 2.27. The lowest BCUT2D eigenvalue weighted by Crippen LogP contribution is -2.64. The van der Waals surface area contributed by atoms with Crippen molar-refractivity contribution in [3.8, 4) is 11.1 Å². The number of carbonyl (C=O) groups is 2. The van der Waals surface area contributed by atoms with Crippen LogP contribution in [0.4, 0.5) is 4.79 Å². The highest BCUT2D eigenvalue weighted by Gasteiger charge is 2.37. The third kappa shape index (κ3) is 4.56. The van der Waals surface area contributed by atoms with E-state index in [-0.39, 0.29) is 18.0 Å². The summed E-state index contributed by atoms with van der Waals surface area (Å²) >= 11 is 1.39. The second-order valence-electron chi connectivity index (χ2n) is 9.65. The lowest BCUT2D eigenvalue weighted by Gasteiger charge is -2.44. The minimum absolute atomic E-state index is 0.0241. The predicted octanol–water partition coefficient (Wildman–Crippen LogP) is 3.48. The summed E-state index contributed by atoms with van der Waals surface area (Å²) in [5.74, 6) is 0.0241. The van der Waals surface area contributed by atoms with Crippen molar-refractivity contribution in [1.29, 1.82) is 0 Å². The zero-order chi connectivity index (χ0) is 23.8. The average molecular weight is 488 g/mol. The number of amides is 3. The summed E-state index contributed by atoms with van der Waals surface area (Å²) in [5.41, 5.74) is 5.05. The Kier molecular flexibility index (Phi) is 6.00. The molecule has 7 nitrogen and oxygen atoms in total. The van der Waals surface area contributed by atoms with Crippen molar-refractivity contribution >= 4 is 23.3 Å². The van der Waals surface area contributed by atoms with Gasteiger partial charge in [0.05, 0.1) is 0 Å². The number of likely N-dealkylation sites (tertiary alicyclic amines) is 2. The van der Waals surface area contributed by atoms with Gasteiger partial charge in [0.25, 0.3) is 5.91 Å². The first-order chi connectivity index (χ1) is 17.1. The van der Waals surface area contributed by atoms with Gasteiger partial charge in [-0.2, -0.15) is 0 Å². The van der Waals surface area contributed by atoms with Crippen LogP contribution in [0.2, 0.25) is 0 Å². The van der Waals surface area contributed by atoms with Crippen LogP contribution >= 0.6 is 11.3 Å². The number of hydrogen-bond acceptors (Lipinski definition) is 5. The largest absolute Gasteiger partial charge is 0.335 e. The summed E-state index contributed by atoms with van der Waals surface area (Å²) in [6.45, 7) is 4.35. The number of thiazole rings is 1. The molecule has 1 aromatic heterocycles. The molecular weight excluding hydrogens is 458 g/mol. The number of nitrogens with zero attached hydrogens (tertiary/aromatic N) is 4. The Morgan fingerprint density at radius 1 is 0.886 bits per heavy atom. The van der Waals surface area contributed by atoms with Gasteiger partial charge in [0, 0.05) is 62.9 Å². The van der Waals surface area contributed by atoms with E-state index in [9.17, 15) is 9.59 Å². The van der Waals surface area contributed by atoms with Gasteiger partial charge in [-0.05, 0) is 35.1 Å². The Labute approximate surface area is 209 Å². The average Bonchev–Trinajstić information content (AvgIpc) is 3.58. The zero-order valence-corrected chi connectivity index (χ0v) is 20.4. The van der Waals surface area contributed by atoms with E-state index in [2.05, 4.69) is 52.8 Å². The number of rotatable bonds is 4. The highest BCUT2D eigenvalue weighted by molar-refractivity contribution is 7.11. The molecule has 0 unspecified atom stereocenters. The SMILES string of the molecule is O=C(c1nccs1)N1CC[C@H](NC2CN(C(=O)N3CCc4cc(-c5ccccc5)ccc4C3)C2)C1. The standard InChI is InChI=1S/C27H29N5O2S/c33-26(25-28-10-13-35-25)30-12-9-23(16-30)29-24-17-32(18-24)27(34)31-11-8-21-14-20(6-7-22(21)15-31)19-4-2-1-3-5-19/h1-7,10,13-14,23-24,29H,8-9,11-12,15-18H2/t23-/m0/s1. The molecule has 0 saturated carbocycles. The van der Waals surface area contributed by atoms with E-state index in [1.807, 2.05) is 26.1 Å². The Morgan fingerprint density at radius 3 is 2.51 bits per heavy atom. The molecule has 0 radical (unpaired) electrons. The minimum atomic E-state index is 0.0241. The minimum Gasteiger partial charge on any atom is -0.335 e. The quantitative estimate of drug-likeness (QED) is 0.612. The van der Waals surface area contributed by atoms with Crippen molar-refractivity contribution in [3.05, 3.63) is 76.2 Å². The molecule has 3 aromatic rings. The molecule has 35 heavy (non-hydrogen) atoms. The van der Waals surface area contributed by atoms with Gasteiger partial charge < -0.3 is 20.0 Å². The summed E-state index contributed by atoms with van der Waals surface area (Å²) in [6.07, 6.45) is 3.50. The van der Waals surface area contributed by atoms with E-state index >= 15 is 0 Å². The fraction of sp³-hybridized carbons (Fsp3) is 0.370. The number of carbonyl (C=O) groups excluding carboxylic acids is 2. The molecule has 3 amide bonds. The van der Waals surface area contributed by atoms with Crippen molar-refractivity contribution in [2.24, 2.45) is 0 Å². The van der Waals surface area contributed by atoms with Crippen LogP contribution in [0.25, 0.3) is 11.1 Å². The second kappa shape index (κ2) is 9.43. The van der Waals surface area contributed by atoms with Crippen LogP contribution in [0.3, 0.4) is 0 Å². The monoisotopic (exact) mass is 487 g/mol. The van der Waals surface area contributed by atoms with Crippen molar-refractivity contribution in [3.63, 3.8) is 0 Å². The summed E-state index contributed by atoms with van der Waals surface area (Å²) in [6, 6.07) is 17.8. The molecule has 2 saturated heterocycles. The molecule has 3 aliphatic heterocycles. The smallest absolute Gasteiger partial charge is 0.320 e. The zero-order valence-electron chi connectivity index (χ0n) is 19.6. The van der Waals surface area contributed by atoms with Crippen molar-refractivity contribution in [2.75, 3.05) is 32.7 Å². The molecule has 0 aliphatic carbocycles. The topological polar surface area (TPSA) is 68.8 Å². The van der Waals surface area contributed by atoms with E-state index in [0.717, 1.165) is 39.0 Å². The molecule has 0 spiro atoms. The van der Waals surface area contributed by atoms with Crippen LogP contribution in [0.5, 0.6) is 0 Å². The van der Waals surface area contributed by atoms with Gasteiger partial charge in [0.2, 0.25) is 0 Å². The molecule has 6 rings (SSSR count). The molecule has 1 atom stereocenters. The first kappa shape index (κ1) is 22.2. The summed E-state index contributed by atoms with van der Waals surface area (Å²) < 4.78 is 0. The van der Waals surface area contributed by atoms with Crippen LogP contribution in [-0.4, -0.2) is 76.4 Å². The Bertz CT molecular complexity index is 1210. The van der Waals surface area contributed by atoms with Crippen LogP contribution in [0, 0.1) is 0 Å². The molecule has 0 bridgehead atoms. The van der Waals surface area contributed by atoms with E-state index in [1.54, 1.807) is 6.20 Å². The molecular formula is C27H29N5O2S. The summed E-state index contributed by atoms with van der Waals surface area (Å²) in [7, 11) is 0.